The second-order valence-corrected chi connectivity index (χ2v) is 6.78. The Morgan fingerprint density at radius 3 is 2.76 bits per heavy atom. The third-order valence-corrected chi connectivity index (χ3v) is 4.65. The van der Waals surface area contributed by atoms with Gasteiger partial charge in [0.05, 0.1) is 17.0 Å². The highest BCUT2D eigenvalue weighted by Gasteiger charge is 2.32. The Labute approximate surface area is 133 Å². The van der Waals surface area contributed by atoms with Crippen LogP contribution in [0, 0.1) is 5.82 Å². The average molecular weight is 325 g/mol. The van der Waals surface area contributed by atoms with Gasteiger partial charge in [-0.1, -0.05) is 43.6 Å². The van der Waals surface area contributed by atoms with E-state index in [-0.39, 0.29) is 10.4 Å². The summed E-state index contributed by atoms with van der Waals surface area (Å²) in [5, 5.41) is -0.492. The van der Waals surface area contributed by atoms with E-state index in [0.29, 0.717) is 12.2 Å². The number of rotatable bonds is 2. The lowest BCUT2D eigenvalue weighted by atomic mass is 9.85. The van der Waals surface area contributed by atoms with Gasteiger partial charge in [-0.05, 0) is 23.8 Å². The lowest BCUT2D eigenvalue weighted by Crippen LogP contribution is -2.18. The van der Waals surface area contributed by atoms with Gasteiger partial charge in [0.1, 0.15) is 11.6 Å². The summed E-state index contributed by atoms with van der Waals surface area (Å²) in [7, 11) is 0. The second kappa shape index (κ2) is 5.19. The van der Waals surface area contributed by atoms with Crippen molar-refractivity contribution in [1.29, 1.82) is 0 Å². The van der Waals surface area contributed by atoms with Crippen molar-refractivity contribution >= 4 is 23.2 Å². The van der Waals surface area contributed by atoms with Gasteiger partial charge in [0.25, 0.3) is 0 Å². The zero-order valence-corrected chi connectivity index (χ0v) is 13.3. The molecule has 1 aliphatic heterocycles. The third kappa shape index (κ3) is 2.51. The van der Waals surface area contributed by atoms with Gasteiger partial charge in [-0.3, -0.25) is 0 Å². The smallest absolute Gasteiger partial charge is 0.146 e. The molecule has 0 amide bonds. The van der Waals surface area contributed by atoms with Gasteiger partial charge in [0, 0.05) is 16.5 Å². The summed E-state index contributed by atoms with van der Waals surface area (Å²) in [4.78, 5) is 0. The first-order chi connectivity index (χ1) is 9.90. The molecule has 0 N–H and O–H groups in total. The number of halogens is 3. The van der Waals surface area contributed by atoms with Crippen LogP contribution in [0.1, 0.15) is 35.9 Å². The number of fused-ring (bicyclic) bond motifs is 1. The predicted octanol–water partition coefficient (Wildman–Crippen LogP) is 5.48. The number of hydrogen-bond donors (Lipinski definition) is 0. The molecule has 2 aromatic carbocycles. The maximum absolute atomic E-state index is 14.1. The van der Waals surface area contributed by atoms with Crippen LogP contribution in [0.4, 0.5) is 4.39 Å². The SMILES string of the molecule is CC1(C)COc2ccc(C(Cl)c3cccc(Cl)c3F)cc21. The van der Waals surface area contributed by atoms with Crippen LogP contribution >= 0.6 is 23.2 Å². The molecule has 0 bridgehead atoms. The minimum absolute atomic E-state index is 0.0607. The molecule has 0 fully saturated rings. The van der Waals surface area contributed by atoms with Crippen LogP contribution in [0.5, 0.6) is 5.75 Å². The molecule has 1 atom stereocenters. The summed E-state index contributed by atoms with van der Waals surface area (Å²) in [6, 6.07) is 10.7. The Kier molecular flexibility index (Phi) is 3.62. The minimum Gasteiger partial charge on any atom is -0.492 e. The van der Waals surface area contributed by atoms with Crippen molar-refractivity contribution in [2.24, 2.45) is 0 Å². The standard InChI is InChI=1S/C17H15Cl2FO/c1-17(2)9-21-14-7-6-10(8-12(14)17)15(19)11-4-3-5-13(18)16(11)20/h3-8,15H,9H2,1-2H3. The maximum atomic E-state index is 14.1. The number of benzene rings is 2. The largest absolute Gasteiger partial charge is 0.492 e. The van der Waals surface area contributed by atoms with Gasteiger partial charge in [0.15, 0.2) is 0 Å². The fraction of sp³-hybridized carbons (Fsp3) is 0.294. The van der Waals surface area contributed by atoms with E-state index in [1.54, 1.807) is 12.1 Å². The second-order valence-electron chi connectivity index (χ2n) is 5.93. The predicted molar refractivity (Wildman–Crippen MR) is 84.1 cm³/mol. The number of alkyl halides is 1. The Hall–Kier alpha value is -1.25. The molecule has 21 heavy (non-hydrogen) atoms. The zero-order valence-electron chi connectivity index (χ0n) is 11.8. The van der Waals surface area contributed by atoms with Crippen molar-refractivity contribution in [3.8, 4) is 5.75 Å². The molecule has 0 saturated heterocycles. The molecule has 1 aliphatic rings. The van der Waals surface area contributed by atoms with Crippen molar-refractivity contribution in [3.05, 3.63) is 63.9 Å². The minimum atomic E-state index is -0.578. The van der Waals surface area contributed by atoms with Crippen LogP contribution in [0.25, 0.3) is 0 Å². The third-order valence-electron chi connectivity index (χ3n) is 3.87. The molecule has 2 aromatic rings. The zero-order chi connectivity index (χ0) is 15.2. The van der Waals surface area contributed by atoms with Gasteiger partial charge >= 0.3 is 0 Å². The van der Waals surface area contributed by atoms with Crippen LogP contribution in [0.15, 0.2) is 36.4 Å². The van der Waals surface area contributed by atoms with E-state index in [0.717, 1.165) is 16.9 Å². The van der Waals surface area contributed by atoms with E-state index >= 15 is 0 Å². The molecule has 3 rings (SSSR count). The number of ether oxygens (including phenoxy) is 1. The van der Waals surface area contributed by atoms with Crippen molar-refractivity contribution in [2.75, 3.05) is 6.61 Å². The number of hydrogen-bond acceptors (Lipinski definition) is 1. The molecule has 0 radical (unpaired) electrons. The van der Waals surface area contributed by atoms with Gasteiger partial charge in [-0.15, -0.1) is 11.6 Å². The molecule has 1 heterocycles. The van der Waals surface area contributed by atoms with E-state index in [4.69, 9.17) is 27.9 Å². The van der Waals surface area contributed by atoms with Gasteiger partial charge in [0.2, 0.25) is 0 Å². The molecule has 4 heteroatoms. The normalized spacial score (nSPS) is 17.2. The quantitative estimate of drug-likeness (QED) is 0.665. The van der Waals surface area contributed by atoms with Crippen LogP contribution in [0.3, 0.4) is 0 Å². The molecule has 1 nitrogen and oxygen atoms in total. The van der Waals surface area contributed by atoms with Crippen molar-refractivity contribution in [3.63, 3.8) is 0 Å². The first-order valence-electron chi connectivity index (χ1n) is 6.75. The highest BCUT2D eigenvalue weighted by molar-refractivity contribution is 6.31. The van der Waals surface area contributed by atoms with Crippen LogP contribution in [-0.2, 0) is 5.41 Å². The molecule has 0 saturated carbocycles. The monoisotopic (exact) mass is 324 g/mol. The first-order valence-corrected chi connectivity index (χ1v) is 7.57. The fourth-order valence-corrected chi connectivity index (χ4v) is 3.08. The summed E-state index contributed by atoms with van der Waals surface area (Å²) in [6.45, 7) is 4.88. The topological polar surface area (TPSA) is 9.23 Å². The average Bonchev–Trinajstić information content (AvgIpc) is 2.76. The van der Waals surface area contributed by atoms with Crippen LogP contribution < -0.4 is 4.74 Å². The van der Waals surface area contributed by atoms with Crippen molar-refractivity contribution < 1.29 is 9.13 Å². The Balaban J connectivity index is 2.03. The first kappa shape index (κ1) is 14.7. The summed E-state index contributed by atoms with van der Waals surface area (Å²) in [5.74, 6) is 0.411. The van der Waals surface area contributed by atoms with Crippen molar-refractivity contribution in [1.82, 2.24) is 0 Å². The van der Waals surface area contributed by atoms with E-state index in [1.807, 2.05) is 18.2 Å². The lowest BCUT2D eigenvalue weighted by molar-refractivity contribution is 0.291. The Bertz CT molecular complexity index is 697. The highest BCUT2D eigenvalue weighted by atomic mass is 35.5. The van der Waals surface area contributed by atoms with E-state index in [1.165, 1.54) is 6.07 Å². The lowest BCUT2D eigenvalue weighted by Gasteiger charge is -2.18. The van der Waals surface area contributed by atoms with Gasteiger partial charge in [-0.2, -0.15) is 0 Å². The Morgan fingerprint density at radius 1 is 1.24 bits per heavy atom. The molecule has 0 aliphatic carbocycles. The molecule has 110 valence electrons. The van der Waals surface area contributed by atoms with E-state index in [2.05, 4.69) is 13.8 Å². The van der Waals surface area contributed by atoms with Gasteiger partial charge < -0.3 is 4.74 Å². The van der Waals surface area contributed by atoms with E-state index < -0.39 is 11.2 Å². The summed E-state index contributed by atoms with van der Waals surface area (Å²) in [6.07, 6.45) is 0. The van der Waals surface area contributed by atoms with Crippen LogP contribution in [0.2, 0.25) is 5.02 Å². The maximum Gasteiger partial charge on any atom is 0.146 e. The Morgan fingerprint density at radius 2 is 2.00 bits per heavy atom. The summed E-state index contributed by atoms with van der Waals surface area (Å²) < 4.78 is 19.8. The molecular weight excluding hydrogens is 310 g/mol. The van der Waals surface area contributed by atoms with Crippen molar-refractivity contribution in [2.45, 2.75) is 24.6 Å². The summed E-state index contributed by atoms with van der Waals surface area (Å²) >= 11 is 12.3. The van der Waals surface area contributed by atoms with Gasteiger partial charge in [-0.25, -0.2) is 4.39 Å². The highest BCUT2D eigenvalue weighted by Crippen LogP contribution is 2.42. The fourth-order valence-electron chi connectivity index (χ4n) is 2.59. The molecule has 0 spiro atoms. The van der Waals surface area contributed by atoms with Crippen LogP contribution in [-0.4, -0.2) is 6.61 Å². The molecule has 0 aromatic heterocycles. The summed E-state index contributed by atoms with van der Waals surface area (Å²) in [5.41, 5.74) is 2.28. The molecular formula is C17H15Cl2FO. The van der Waals surface area contributed by atoms with E-state index in [9.17, 15) is 4.39 Å². The molecule has 1 unspecified atom stereocenters.